The Morgan fingerprint density at radius 3 is 2.75 bits per heavy atom. The summed E-state index contributed by atoms with van der Waals surface area (Å²) in [6.07, 6.45) is 3.03. The van der Waals surface area contributed by atoms with Crippen molar-refractivity contribution in [3.63, 3.8) is 0 Å². The average Bonchev–Trinajstić information content (AvgIpc) is 1.93. The quantitative estimate of drug-likeness (QED) is 0.655. The van der Waals surface area contributed by atoms with Crippen molar-refractivity contribution in [2.24, 2.45) is 11.7 Å². The number of nitrogens with two attached hydrogens (primary N) is 1. The number of aliphatic hydroxyl groups is 1. The molecule has 1 amide bonds. The van der Waals surface area contributed by atoms with E-state index in [0.29, 0.717) is 5.92 Å². The highest BCUT2D eigenvalue weighted by Gasteiger charge is 2.30. The van der Waals surface area contributed by atoms with Crippen LogP contribution in [0.25, 0.3) is 0 Å². The molecule has 0 heterocycles. The SMILES string of the molecule is NC(=O)OC1CC(CCCO)C1. The first kappa shape index (κ1) is 9.32. The molecule has 1 aliphatic carbocycles. The molecule has 4 heteroatoms. The molecule has 0 saturated heterocycles. The molecule has 0 aromatic heterocycles. The number of primary amides is 1. The second-order valence-corrected chi connectivity index (χ2v) is 3.26. The van der Waals surface area contributed by atoms with Crippen molar-refractivity contribution in [1.29, 1.82) is 0 Å². The number of hydrogen-bond acceptors (Lipinski definition) is 3. The molecular formula is C8H15NO3. The monoisotopic (exact) mass is 173 g/mol. The van der Waals surface area contributed by atoms with E-state index >= 15 is 0 Å². The first-order chi connectivity index (χ1) is 5.72. The third-order valence-corrected chi connectivity index (χ3v) is 2.25. The summed E-state index contributed by atoms with van der Waals surface area (Å²) in [5.74, 6) is 0.612. The second kappa shape index (κ2) is 4.30. The van der Waals surface area contributed by atoms with Crippen LogP contribution in [-0.2, 0) is 4.74 Å². The van der Waals surface area contributed by atoms with E-state index in [9.17, 15) is 4.79 Å². The number of carbonyl (C=O) groups excluding carboxylic acids is 1. The van der Waals surface area contributed by atoms with Crippen molar-refractivity contribution >= 4 is 6.09 Å². The van der Waals surface area contributed by atoms with Gasteiger partial charge in [-0.3, -0.25) is 0 Å². The predicted molar refractivity (Wildman–Crippen MR) is 43.5 cm³/mol. The standard InChI is InChI=1S/C8H15NO3/c9-8(11)12-7-4-6(5-7)2-1-3-10/h6-7,10H,1-5H2,(H2,9,11). The van der Waals surface area contributed by atoms with Gasteiger partial charge in [0.25, 0.3) is 0 Å². The summed E-state index contributed by atoms with van der Waals surface area (Å²) in [6, 6.07) is 0. The number of rotatable bonds is 4. The second-order valence-electron chi connectivity index (χ2n) is 3.26. The summed E-state index contributed by atoms with van der Waals surface area (Å²) in [6.45, 7) is 0.248. The van der Waals surface area contributed by atoms with Crippen LogP contribution in [0.5, 0.6) is 0 Å². The lowest BCUT2D eigenvalue weighted by molar-refractivity contribution is 0.0175. The van der Waals surface area contributed by atoms with Gasteiger partial charge in [0, 0.05) is 6.61 Å². The molecule has 0 aromatic carbocycles. The van der Waals surface area contributed by atoms with Gasteiger partial charge in [0.05, 0.1) is 0 Å². The topological polar surface area (TPSA) is 72.6 Å². The van der Waals surface area contributed by atoms with E-state index < -0.39 is 6.09 Å². The van der Waals surface area contributed by atoms with Gasteiger partial charge >= 0.3 is 6.09 Å². The Hall–Kier alpha value is -0.770. The van der Waals surface area contributed by atoms with Crippen molar-refractivity contribution in [3.05, 3.63) is 0 Å². The highest BCUT2D eigenvalue weighted by atomic mass is 16.6. The van der Waals surface area contributed by atoms with E-state index in [2.05, 4.69) is 0 Å². The minimum atomic E-state index is -0.680. The van der Waals surface area contributed by atoms with E-state index in [-0.39, 0.29) is 12.7 Å². The van der Waals surface area contributed by atoms with Crippen LogP contribution < -0.4 is 5.73 Å². The van der Waals surface area contributed by atoms with E-state index in [0.717, 1.165) is 25.7 Å². The number of ether oxygens (including phenoxy) is 1. The molecule has 0 atom stereocenters. The summed E-state index contributed by atoms with van der Waals surface area (Å²) in [7, 11) is 0. The highest BCUT2D eigenvalue weighted by Crippen LogP contribution is 2.33. The maximum atomic E-state index is 10.3. The van der Waals surface area contributed by atoms with Crippen molar-refractivity contribution in [2.45, 2.75) is 31.8 Å². The highest BCUT2D eigenvalue weighted by molar-refractivity contribution is 5.64. The molecular weight excluding hydrogens is 158 g/mol. The maximum absolute atomic E-state index is 10.3. The zero-order valence-corrected chi connectivity index (χ0v) is 7.03. The maximum Gasteiger partial charge on any atom is 0.404 e. The third kappa shape index (κ3) is 2.70. The predicted octanol–water partition coefficient (Wildman–Crippen LogP) is 0.633. The number of aliphatic hydroxyl groups excluding tert-OH is 1. The van der Waals surface area contributed by atoms with Gasteiger partial charge in [-0.25, -0.2) is 4.79 Å². The van der Waals surface area contributed by atoms with Gasteiger partial charge < -0.3 is 15.6 Å². The molecule has 0 unspecified atom stereocenters. The Kier molecular flexibility index (Phi) is 3.34. The molecule has 12 heavy (non-hydrogen) atoms. The summed E-state index contributed by atoms with van der Waals surface area (Å²) in [4.78, 5) is 10.3. The van der Waals surface area contributed by atoms with Crippen molar-refractivity contribution < 1.29 is 14.6 Å². The molecule has 0 aliphatic heterocycles. The van der Waals surface area contributed by atoms with Gasteiger partial charge in [0.2, 0.25) is 0 Å². The van der Waals surface area contributed by atoms with Crippen LogP contribution in [0.4, 0.5) is 4.79 Å². The van der Waals surface area contributed by atoms with Gasteiger partial charge in [-0.2, -0.15) is 0 Å². The summed E-state index contributed by atoms with van der Waals surface area (Å²) in [5, 5.41) is 8.54. The minimum absolute atomic E-state index is 0.0335. The molecule has 0 radical (unpaired) electrons. The van der Waals surface area contributed by atoms with Crippen LogP contribution >= 0.6 is 0 Å². The molecule has 1 saturated carbocycles. The molecule has 3 N–H and O–H groups in total. The number of amides is 1. The Morgan fingerprint density at radius 1 is 1.58 bits per heavy atom. The van der Waals surface area contributed by atoms with Crippen LogP contribution in [0.3, 0.4) is 0 Å². The van der Waals surface area contributed by atoms with Gasteiger partial charge in [-0.1, -0.05) is 0 Å². The Morgan fingerprint density at radius 2 is 2.25 bits per heavy atom. The van der Waals surface area contributed by atoms with Gasteiger partial charge in [0.1, 0.15) is 6.10 Å². The fourth-order valence-corrected chi connectivity index (χ4v) is 1.55. The molecule has 1 fully saturated rings. The average molecular weight is 173 g/mol. The number of carbonyl (C=O) groups is 1. The summed E-state index contributed by atoms with van der Waals surface area (Å²) < 4.78 is 4.77. The minimum Gasteiger partial charge on any atom is -0.446 e. The largest absolute Gasteiger partial charge is 0.446 e. The van der Waals surface area contributed by atoms with Crippen LogP contribution in [-0.4, -0.2) is 23.9 Å². The number of hydrogen-bond donors (Lipinski definition) is 2. The molecule has 0 bridgehead atoms. The summed E-state index contributed by atoms with van der Waals surface area (Å²) >= 11 is 0. The third-order valence-electron chi connectivity index (χ3n) is 2.25. The molecule has 0 aromatic rings. The Bertz CT molecular complexity index is 154. The molecule has 4 nitrogen and oxygen atoms in total. The fourth-order valence-electron chi connectivity index (χ4n) is 1.55. The lowest BCUT2D eigenvalue weighted by Crippen LogP contribution is -2.35. The molecule has 0 spiro atoms. The smallest absolute Gasteiger partial charge is 0.404 e. The fraction of sp³-hybridized carbons (Fsp3) is 0.875. The van der Waals surface area contributed by atoms with Gasteiger partial charge in [-0.15, -0.1) is 0 Å². The van der Waals surface area contributed by atoms with E-state index in [4.69, 9.17) is 15.6 Å². The van der Waals surface area contributed by atoms with Crippen LogP contribution in [0.1, 0.15) is 25.7 Å². The van der Waals surface area contributed by atoms with Crippen molar-refractivity contribution in [2.75, 3.05) is 6.61 Å². The van der Waals surface area contributed by atoms with Gasteiger partial charge in [0.15, 0.2) is 0 Å². The van der Waals surface area contributed by atoms with Crippen molar-refractivity contribution in [1.82, 2.24) is 0 Å². The van der Waals surface area contributed by atoms with Crippen LogP contribution in [0, 0.1) is 5.92 Å². The molecule has 1 aliphatic rings. The van der Waals surface area contributed by atoms with E-state index in [1.807, 2.05) is 0 Å². The molecule has 70 valence electrons. The van der Waals surface area contributed by atoms with E-state index in [1.54, 1.807) is 0 Å². The zero-order chi connectivity index (χ0) is 8.97. The Balaban J connectivity index is 2.00. The van der Waals surface area contributed by atoms with Crippen LogP contribution in [0.2, 0.25) is 0 Å². The Labute approximate surface area is 71.7 Å². The molecule has 1 rings (SSSR count). The zero-order valence-electron chi connectivity index (χ0n) is 7.03. The van der Waals surface area contributed by atoms with Gasteiger partial charge in [-0.05, 0) is 31.6 Å². The van der Waals surface area contributed by atoms with Crippen molar-refractivity contribution in [3.8, 4) is 0 Å². The normalized spacial score (nSPS) is 27.8. The first-order valence-corrected chi connectivity index (χ1v) is 4.29. The van der Waals surface area contributed by atoms with Crippen LogP contribution in [0.15, 0.2) is 0 Å². The summed E-state index contributed by atoms with van der Waals surface area (Å²) in [5.41, 5.74) is 4.85. The first-order valence-electron chi connectivity index (χ1n) is 4.29. The van der Waals surface area contributed by atoms with E-state index in [1.165, 1.54) is 0 Å². The lowest BCUT2D eigenvalue weighted by atomic mass is 9.79. The lowest BCUT2D eigenvalue weighted by Gasteiger charge is -2.33.